The Balaban J connectivity index is 1.78. The quantitative estimate of drug-likeness (QED) is 0.557. The van der Waals surface area contributed by atoms with Gasteiger partial charge < -0.3 is 10.0 Å². The van der Waals surface area contributed by atoms with Crippen molar-refractivity contribution in [2.45, 2.75) is 50.7 Å². The second-order valence-corrected chi connectivity index (χ2v) is 9.62. The summed E-state index contributed by atoms with van der Waals surface area (Å²) in [6.07, 6.45) is -2.90. The summed E-state index contributed by atoms with van der Waals surface area (Å²) >= 11 is 0. The number of rotatable bonds is 4. The lowest BCUT2D eigenvalue weighted by atomic mass is 9.87. The summed E-state index contributed by atoms with van der Waals surface area (Å²) in [5.74, 6) is -1.62. The Hall–Kier alpha value is -4.15. The third-order valence-electron chi connectivity index (χ3n) is 7.79. The molecule has 1 atom stereocenters. The first-order valence-corrected chi connectivity index (χ1v) is 12.1. The highest BCUT2D eigenvalue weighted by molar-refractivity contribution is 5.96. The predicted molar refractivity (Wildman–Crippen MR) is 132 cm³/mol. The highest BCUT2D eigenvalue weighted by Crippen LogP contribution is 2.46. The molecule has 1 unspecified atom stereocenters. The van der Waals surface area contributed by atoms with Crippen molar-refractivity contribution in [1.82, 2.24) is 9.13 Å². The van der Waals surface area contributed by atoms with E-state index in [0.717, 1.165) is 27.0 Å². The average Bonchev–Trinajstić information content (AvgIpc) is 3.25. The van der Waals surface area contributed by atoms with E-state index in [1.807, 2.05) is 0 Å². The zero-order valence-corrected chi connectivity index (χ0v) is 20.6. The molecule has 2 aromatic carbocycles. The van der Waals surface area contributed by atoms with E-state index in [2.05, 4.69) is 0 Å². The molecule has 1 aliphatic heterocycles. The van der Waals surface area contributed by atoms with E-state index in [-0.39, 0.29) is 48.4 Å². The number of carboxylic acid groups (broad SMARTS) is 1. The van der Waals surface area contributed by atoms with Crippen LogP contribution in [-0.2, 0) is 29.4 Å². The highest BCUT2D eigenvalue weighted by Gasteiger charge is 2.46. The number of benzene rings is 2. The second kappa shape index (κ2) is 8.71. The summed E-state index contributed by atoms with van der Waals surface area (Å²) in [4.78, 5) is 53.1. The number of aryl methyl sites for hydroxylation is 1. The van der Waals surface area contributed by atoms with Crippen LogP contribution in [0.15, 0.2) is 52.2 Å². The average molecular weight is 527 g/mol. The van der Waals surface area contributed by atoms with Gasteiger partial charge in [0.25, 0.3) is 5.56 Å². The van der Waals surface area contributed by atoms with Gasteiger partial charge in [0.2, 0.25) is 5.91 Å². The van der Waals surface area contributed by atoms with Gasteiger partial charge in [0.15, 0.2) is 0 Å². The third-order valence-corrected chi connectivity index (χ3v) is 7.79. The Kier molecular flexibility index (Phi) is 5.85. The smallest absolute Gasteiger partial charge is 0.416 e. The first kappa shape index (κ1) is 25.5. The van der Waals surface area contributed by atoms with E-state index in [4.69, 9.17) is 0 Å². The van der Waals surface area contributed by atoms with Crippen molar-refractivity contribution >= 4 is 17.6 Å². The number of nitrogens with zero attached hydrogens (tertiary/aromatic N) is 3. The molecule has 1 aliphatic carbocycles. The molecule has 38 heavy (non-hydrogen) atoms. The molecule has 8 nitrogen and oxygen atoms in total. The van der Waals surface area contributed by atoms with Crippen LogP contribution in [0.1, 0.15) is 58.8 Å². The van der Waals surface area contributed by atoms with Gasteiger partial charge in [-0.15, -0.1) is 0 Å². The fraction of sp³-hybridized carbons (Fsp3) is 0.333. The van der Waals surface area contributed by atoms with E-state index in [1.54, 1.807) is 32.2 Å². The molecule has 0 bridgehead atoms. The Morgan fingerprint density at radius 3 is 2.47 bits per heavy atom. The lowest BCUT2D eigenvalue weighted by Gasteiger charge is -2.32. The number of carbonyl (C=O) groups is 2. The summed E-state index contributed by atoms with van der Waals surface area (Å²) in [6.45, 7) is 1.66. The third kappa shape index (κ3) is 3.67. The zero-order valence-electron chi connectivity index (χ0n) is 20.6. The first-order chi connectivity index (χ1) is 17.9. The predicted octanol–water partition coefficient (Wildman–Crippen LogP) is 3.73. The summed E-state index contributed by atoms with van der Waals surface area (Å²) < 4.78 is 43.2. The number of hydrogen-bond acceptors (Lipinski definition) is 4. The number of halogens is 3. The maximum atomic E-state index is 13.9. The minimum absolute atomic E-state index is 0.00177. The van der Waals surface area contributed by atoms with Gasteiger partial charge in [-0.3, -0.25) is 14.2 Å². The number of anilines is 1. The van der Waals surface area contributed by atoms with Crippen LogP contribution in [0.5, 0.6) is 0 Å². The molecular weight excluding hydrogens is 503 g/mol. The maximum absolute atomic E-state index is 13.9. The topological polar surface area (TPSA) is 102 Å². The number of aromatic nitrogens is 2. The van der Waals surface area contributed by atoms with Gasteiger partial charge in [-0.25, -0.2) is 14.2 Å². The van der Waals surface area contributed by atoms with Gasteiger partial charge >= 0.3 is 17.8 Å². The van der Waals surface area contributed by atoms with Crippen LogP contribution in [-0.4, -0.2) is 33.2 Å². The minimum Gasteiger partial charge on any atom is -0.477 e. The summed E-state index contributed by atoms with van der Waals surface area (Å²) in [5.41, 5.74) is -3.02. The number of carboxylic acids is 1. The van der Waals surface area contributed by atoms with E-state index >= 15 is 0 Å². The van der Waals surface area contributed by atoms with Crippen LogP contribution in [0.4, 0.5) is 18.9 Å². The molecule has 198 valence electrons. The molecule has 11 heteroatoms. The largest absolute Gasteiger partial charge is 0.477 e. The van der Waals surface area contributed by atoms with Crippen LogP contribution in [0, 0.1) is 0 Å². The first-order valence-electron chi connectivity index (χ1n) is 12.1. The van der Waals surface area contributed by atoms with Crippen molar-refractivity contribution in [3.63, 3.8) is 0 Å². The Morgan fingerprint density at radius 2 is 1.82 bits per heavy atom. The van der Waals surface area contributed by atoms with Gasteiger partial charge in [0.05, 0.1) is 16.8 Å². The Labute approximate surface area is 214 Å². The molecule has 0 saturated carbocycles. The summed E-state index contributed by atoms with van der Waals surface area (Å²) in [7, 11) is 1.63. The number of fused-ring (bicyclic) bond motifs is 2. The molecule has 3 aromatic rings. The fourth-order valence-electron chi connectivity index (χ4n) is 5.84. The maximum Gasteiger partial charge on any atom is 0.416 e. The lowest BCUT2D eigenvalue weighted by Crippen LogP contribution is -2.52. The zero-order chi connectivity index (χ0) is 27.6. The highest BCUT2D eigenvalue weighted by atomic mass is 19.4. The second-order valence-electron chi connectivity index (χ2n) is 9.62. The van der Waals surface area contributed by atoms with Gasteiger partial charge in [-0.1, -0.05) is 19.1 Å². The van der Waals surface area contributed by atoms with Crippen LogP contribution in [0.2, 0.25) is 0 Å². The molecule has 1 amide bonds. The minimum atomic E-state index is -4.62. The monoisotopic (exact) mass is 527 g/mol. The molecule has 5 rings (SSSR count). The summed E-state index contributed by atoms with van der Waals surface area (Å²) in [6, 6.07) is 8.51. The van der Waals surface area contributed by atoms with E-state index in [0.29, 0.717) is 12.1 Å². The molecule has 0 radical (unpaired) electrons. The number of hydrogen-bond donors (Lipinski definition) is 1. The van der Waals surface area contributed by atoms with Crippen molar-refractivity contribution < 1.29 is 27.9 Å². The molecule has 0 fully saturated rings. The lowest BCUT2D eigenvalue weighted by molar-refractivity contribution is -0.138. The molecule has 1 N–H and O–H groups in total. The van der Waals surface area contributed by atoms with Gasteiger partial charge in [0, 0.05) is 25.4 Å². The van der Waals surface area contributed by atoms with Gasteiger partial charge in [-0.05, 0) is 66.6 Å². The molecule has 0 saturated heterocycles. The van der Waals surface area contributed by atoms with Gasteiger partial charge in [-0.2, -0.15) is 13.2 Å². The SMILES string of the molecule is CCC1(n2c(=O)c(C(=O)O)cn(-c3ccc4c(c3)CCC(=O)N4C)c2=O)CCc2c(C(F)(F)F)cccc21. The van der Waals surface area contributed by atoms with E-state index in [1.165, 1.54) is 17.0 Å². The van der Waals surface area contributed by atoms with Crippen molar-refractivity contribution in [3.8, 4) is 5.69 Å². The normalized spacial score (nSPS) is 18.9. The van der Waals surface area contributed by atoms with Gasteiger partial charge in [0.1, 0.15) is 5.56 Å². The number of amides is 1. The summed E-state index contributed by atoms with van der Waals surface area (Å²) in [5, 5.41) is 9.83. The number of aromatic carboxylic acids is 1. The molecule has 1 aromatic heterocycles. The van der Waals surface area contributed by atoms with Crippen LogP contribution in [0.3, 0.4) is 0 Å². The fourth-order valence-corrected chi connectivity index (χ4v) is 5.84. The van der Waals surface area contributed by atoms with E-state index in [9.17, 15) is 37.5 Å². The molecule has 2 heterocycles. The van der Waals surface area contributed by atoms with Crippen LogP contribution < -0.4 is 16.1 Å². The molecule has 2 aliphatic rings. The Morgan fingerprint density at radius 1 is 1.08 bits per heavy atom. The van der Waals surface area contributed by atoms with Crippen molar-refractivity contribution in [2.75, 3.05) is 11.9 Å². The van der Waals surface area contributed by atoms with Crippen LogP contribution >= 0.6 is 0 Å². The van der Waals surface area contributed by atoms with Crippen molar-refractivity contribution in [3.05, 3.63) is 91.3 Å². The molecular formula is C27H24F3N3O5. The number of alkyl halides is 3. The number of carbonyl (C=O) groups excluding carboxylic acids is 1. The van der Waals surface area contributed by atoms with Crippen LogP contribution in [0.25, 0.3) is 5.69 Å². The molecule has 0 spiro atoms. The Bertz CT molecular complexity index is 1620. The van der Waals surface area contributed by atoms with Crippen molar-refractivity contribution in [1.29, 1.82) is 0 Å². The van der Waals surface area contributed by atoms with Crippen molar-refractivity contribution in [2.24, 2.45) is 0 Å². The van der Waals surface area contributed by atoms with E-state index < -0.39 is 40.1 Å². The standard InChI is InChI=1S/C27H24F3N3O5/c1-3-26(12-11-17-19(26)5-4-6-20(17)27(28,29)30)33-23(35)18(24(36)37)14-32(25(33)38)16-8-9-21-15(13-16)7-10-22(34)31(21)2/h4-6,8-9,13-14H,3,7,10-12H2,1-2H3,(H,36,37).